The van der Waals surface area contributed by atoms with Gasteiger partial charge in [0.05, 0.1) is 6.10 Å². The van der Waals surface area contributed by atoms with Crippen LogP contribution in [0.1, 0.15) is 77.6 Å². The molecule has 0 spiro atoms. The normalized spacial score (nSPS) is 27.1. The summed E-state index contributed by atoms with van der Waals surface area (Å²) in [6.45, 7) is 2.94. The van der Waals surface area contributed by atoms with Crippen LogP contribution in [-0.4, -0.2) is 47.6 Å². The van der Waals surface area contributed by atoms with Gasteiger partial charge in [0, 0.05) is 26.1 Å². The zero-order valence-electron chi connectivity index (χ0n) is 15.0. The van der Waals surface area contributed by atoms with Gasteiger partial charge in [-0.3, -0.25) is 9.59 Å². The Bertz CT molecular complexity index is 448. The average Bonchev–Trinajstić information content (AvgIpc) is 3.26. The highest BCUT2D eigenvalue weighted by atomic mass is 16.5. The van der Waals surface area contributed by atoms with Crippen molar-refractivity contribution in [2.24, 2.45) is 0 Å². The Morgan fingerprint density at radius 3 is 2.33 bits per heavy atom. The van der Waals surface area contributed by atoms with E-state index < -0.39 is 5.54 Å². The average molecular weight is 336 g/mol. The van der Waals surface area contributed by atoms with E-state index in [1.807, 2.05) is 4.90 Å². The predicted molar refractivity (Wildman–Crippen MR) is 92.6 cm³/mol. The number of ether oxygens (including phenoxy) is 1. The highest BCUT2D eigenvalue weighted by Gasteiger charge is 2.47. The minimum atomic E-state index is -0.654. The molecule has 0 aromatic heterocycles. The zero-order chi connectivity index (χ0) is 17.0. The van der Waals surface area contributed by atoms with Crippen LogP contribution in [0, 0.1) is 0 Å². The minimum Gasteiger partial charge on any atom is -0.376 e. The Balaban J connectivity index is 1.78. The lowest BCUT2D eigenvalue weighted by atomic mass is 9.78. The fraction of sp³-hybridized carbons (Fsp3) is 0.895. The lowest BCUT2D eigenvalue weighted by Crippen LogP contribution is -2.63. The van der Waals surface area contributed by atoms with Crippen molar-refractivity contribution in [3.63, 3.8) is 0 Å². The molecule has 1 heterocycles. The topological polar surface area (TPSA) is 58.6 Å². The summed E-state index contributed by atoms with van der Waals surface area (Å²) in [7, 11) is 0. The first-order valence-corrected chi connectivity index (χ1v) is 9.82. The number of nitrogens with zero attached hydrogens (tertiary/aromatic N) is 1. The fourth-order valence-electron chi connectivity index (χ4n) is 4.74. The lowest BCUT2D eigenvalue weighted by Gasteiger charge is -2.46. The van der Waals surface area contributed by atoms with Crippen molar-refractivity contribution in [2.45, 2.75) is 95.2 Å². The van der Waals surface area contributed by atoms with E-state index in [0.29, 0.717) is 12.6 Å². The van der Waals surface area contributed by atoms with Crippen LogP contribution >= 0.6 is 0 Å². The second-order valence-electron chi connectivity index (χ2n) is 7.81. The van der Waals surface area contributed by atoms with Crippen LogP contribution in [0.15, 0.2) is 0 Å². The van der Waals surface area contributed by atoms with Gasteiger partial charge in [-0.25, -0.2) is 0 Å². The summed E-state index contributed by atoms with van der Waals surface area (Å²) in [5, 5.41) is 3.28. The van der Waals surface area contributed by atoms with Gasteiger partial charge in [0.1, 0.15) is 5.54 Å². The first-order valence-electron chi connectivity index (χ1n) is 9.82. The fourth-order valence-corrected chi connectivity index (χ4v) is 4.74. The molecule has 136 valence electrons. The van der Waals surface area contributed by atoms with Gasteiger partial charge < -0.3 is 15.0 Å². The van der Waals surface area contributed by atoms with Crippen molar-refractivity contribution in [3.05, 3.63) is 0 Å². The molecule has 2 saturated carbocycles. The third-order valence-electron chi connectivity index (χ3n) is 6.10. The van der Waals surface area contributed by atoms with Crippen LogP contribution in [0.2, 0.25) is 0 Å². The third-order valence-corrected chi connectivity index (χ3v) is 6.10. The summed E-state index contributed by atoms with van der Waals surface area (Å²) in [5.74, 6) is 0.0938. The van der Waals surface area contributed by atoms with Gasteiger partial charge in [-0.15, -0.1) is 0 Å². The van der Waals surface area contributed by atoms with Gasteiger partial charge >= 0.3 is 0 Å². The van der Waals surface area contributed by atoms with Gasteiger partial charge in [0.2, 0.25) is 11.8 Å². The van der Waals surface area contributed by atoms with Crippen molar-refractivity contribution < 1.29 is 14.3 Å². The highest BCUT2D eigenvalue weighted by Crippen LogP contribution is 2.36. The largest absolute Gasteiger partial charge is 0.376 e. The van der Waals surface area contributed by atoms with E-state index in [1.54, 1.807) is 6.92 Å². The van der Waals surface area contributed by atoms with Gasteiger partial charge in [0.15, 0.2) is 0 Å². The molecule has 2 aliphatic carbocycles. The van der Waals surface area contributed by atoms with E-state index in [4.69, 9.17) is 4.74 Å². The molecule has 1 aliphatic heterocycles. The molecule has 1 atom stereocenters. The monoisotopic (exact) mass is 336 g/mol. The molecule has 0 bridgehead atoms. The molecule has 0 aromatic carbocycles. The quantitative estimate of drug-likeness (QED) is 0.840. The van der Waals surface area contributed by atoms with Gasteiger partial charge in [0.25, 0.3) is 0 Å². The number of nitrogens with one attached hydrogen (secondary N) is 1. The van der Waals surface area contributed by atoms with Crippen LogP contribution in [0.5, 0.6) is 0 Å². The van der Waals surface area contributed by atoms with Crippen molar-refractivity contribution in [1.29, 1.82) is 0 Å². The summed E-state index contributed by atoms with van der Waals surface area (Å²) in [4.78, 5) is 27.6. The maximum Gasteiger partial charge on any atom is 0.246 e. The van der Waals surface area contributed by atoms with E-state index in [9.17, 15) is 9.59 Å². The maximum absolute atomic E-state index is 13.2. The van der Waals surface area contributed by atoms with E-state index >= 15 is 0 Å². The van der Waals surface area contributed by atoms with Crippen LogP contribution in [-0.2, 0) is 14.3 Å². The molecule has 5 nitrogen and oxygen atoms in total. The Kier molecular flexibility index (Phi) is 5.80. The van der Waals surface area contributed by atoms with Crippen molar-refractivity contribution in [3.8, 4) is 0 Å². The van der Waals surface area contributed by atoms with Crippen LogP contribution < -0.4 is 5.32 Å². The van der Waals surface area contributed by atoms with Crippen molar-refractivity contribution >= 4 is 11.8 Å². The van der Waals surface area contributed by atoms with Gasteiger partial charge in [-0.2, -0.15) is 0 Å². The third kappa shape index (κ3) is 3.76. The zero-order valence-corrected chi connectivity index (χ0v) is 15.0. The van der Waals surface area contributed by atoms with E-state index in [-0.39, 0.29) is 17.9 Å². The highest BCUT2D eigenvalue weighted by molar-refractivity contribution is 5.91. The number of rotatable bonds is 5. The molecule has 0 aromatic rings. The van der Waals surface area contributed by atoms with Crippen LogP contribution in [0.4, 0.5) is 0 Å². The summed E-state index contributed by atoms with van der Waals surface area (Å²) in [6.07, 6.45) is 11.5. The molecule has 0 unspecified atom stereocenters. The second kappa shape index (κ2) is 7.85. The Labute approximate surface area is 145 Å². The molecular formula is C19H32N2O3. The number of amides is 2. The number of hydrogen-bond acceptors (Lipinski definition) is 3. The van der Waals surface area contributed by atoms with E-state index in [0.717, 1.165) is 64.4 Å². The molecule has 0 radical (unpaired) electrons. The molecule has 2 amide bonds. The Morgan fingerprint density at radius 2 is 1.75 bits per heavy atom. The predicted octanol–water partition coefficient (Wildman–Crippen LogP) is 2.78. The van der Waals surface area contributed by atoms with E-state index in [2.05, 4.69) is 5.32 Å². The molecular weight excluding hydrogens is 304 g/mol. The number of carbonyl (C=O) groups excluding carboxylic acids is 2. The smallest absolute Gasteiger partial charge is 0.246 e. The first-order chi connectivity index (χ1) is 11.6. The SMILES string of the molecule is CC(=O)N(C[C@@H]1CCCO1)C1(C(=O)NC2CCCC2)CCCCC1. The summed E-state index contributed by atoms with van der Waals surface area (Å²) >= 11 is 0. The number of carbonyl (C=O) groups is 2. The number of hydrogen-bond donors (Lipinski definition) is 1. The van der Waals surface area contributed by atoms with Crippen LogP contribution in [0.25, 0.3) is 0 Å². The van der Waals surface area contributed by atoms with Crippen LogP contribution in [0.3, 0.4) is 0 Å². The molecule has 1 saturated heterocycles. The summed E-state index contributed by atoms with van der Waals surface area (Å²) < 4.78 is 5.76. The molecule has 1 N–H and O–H groups in total. The first kappa shape index (κ1) is 17.7. The van der Waals surface area contributed by atoms with Gasteiger partial charge in [-0.1, -0.05) is 32.1 Å². The van der Waals surface area contributed by atoms with Gasteiger partial charge in [-0.05, 0) is 38.5 Å². The molecule has 3 fully saturated rings. The van der Waals surface area contributed by atoms with E-state index in [1.165, 1.54) is 12.8 Å². The molecule has 5 heteroatoms. The van der Waals surface area contributed by atoms with Crippen molar-refractivity contribution in [2.75, 3.05) is 13.2 Å². The molecule has 24 heavy (non-hydrogen) atoms. The van der Waals surface area contributed by atoms with Crippen molar-refractivity contribution in [1.82, 2.24) is 10.2 Å². The summed E-state index contributed by atoms with van der Waals surface area (Å²) in [5.41, 5.74) is -0.654. The molecule has 3 aliphatic rings. The Morgan fingerprint density at radius 1 is 1.04 bits per heavy atom. The lowest BCUT2D eigenvalue weighted by molar-refractivity contribution is -0.151. The Hall–Kier alpha value is -1.10. The minimum absolute atomic E-state index is 0.00831. The summed E-state index contributed by atoms with van der Waals surface area (Å²) in [6, 6.07) is 0.299. The second-order valence-corrected chi connectivity index (χ2v) is 7.81. The standard InChI is InChI=1S/C19H32N2O3/c1-15(22)21(14-17-10-7-13-24-17)19(11-5-2-6-12-19)18(23)20-16-8-3-4-9-16/h16-17H,2-14H2,1H3,(H,20,23)/t17-/m0/s1. The molecule has 3 rings (SSSR count). The maximum atomic E-state index is 13.2.